The van der Waals surface area contributed by atoms with Gasteiger partial charge in [-0.25, -0.2) is 9.67 Å². The molecule has 0 aliphatic carbocycles. The number of morpholine rings is 1. The van der Waals surface area contributed by atoms with Crippen LogP contribution in [-0.4, -0.2) is 57.8 Å². The van der Waals surface area contributed by atoms with Gasteiger partial charge in [0.05, 0.1) is 24.5 Å². The lowest BCUT2D eigenvalue weighted by Gasteiger charge is -2.27. The summed E-state index contributed by atoms with van der Waals surface area (Å²) >= 11 is 0. The highest BCUT2D eigenvalue weighted by Crippen LogP contribution is 2.22. The van der Waals surface area contributed by atoms with Crippen molar-refractivity contribution < 1.29 is 14.3 Å². The molecule has 1 N–H and O–H groups in total. The maximum atomic E-state index is 12.9. The first kappa shape index (κ1) is 20.7. The largest absolute Gasteiger partial charge is 0.378 e. The van der Waals surface area contributed by atoms with Crippen molar-refractivity contribution in [3.63, 3.8) is 0 Å². The van der Waals surface area contributed by atoms with Crippen molar-refractivity contribution >= 4 is 17.5 Å². The molecule has 4 rings (SSSR count). The molecule has 1 aromatic carbocycles. The molecule has 31 heavy (non-hydrogen) atoms. The van der Waals surface area contributed by atoms with E-state index in [0.717, 1.165) is 17.0 Å². The number of hydrogen-bond donors (Lipinski definition) is 1. The van der Waals surface area contributed by atoms with Crippen molar-refractivity contribution in [3.8, 4) is 5.82 Å². The number of rotatable bonds is 4. The molecular formula is C23H25N5O3. The fourth-order valence-corrected chi connectivity index (χ4v) is 3.64. The van der Waals surface area contributed by atoms with Gasteiger partial charge in [-0.05, 0) is 56.7 Å². The molecule has 3 aromatic rings. The fourth-order valence-electron chi connectivity index (χ4n) is 3.64. The normalized spacial score (nSPS) is 13.8. The summed E-state index contributed by atoms with van der Waals surface area (Å²) in [5.41, 5.74) is 4.22. The monoisotopic (exact) mass is 419 g/mol. The van der Waals surface area contributed by atoms with Crippen LogP contribution >= 0.6 is 0 Å². The van der Waals surface area contributed by atoms with Crippen LogP contribution in [0.4, 0.5) is 5.69 Å². The summed E-state index contributed by atoms with van der Waals surface area (Å²) in [4.78, 5) is 31.8. The molecule has 1 fully saturated rings. The Balaban J connectivity index is 1.51. The molecule has 0 unspecified atom stereocenters. The first-order chi connectivity index (χ1) is 14.9. The first-order valence-electron chi connectivity index (χ1n) is 10.2. The number of aryl methyl sites for hydroxylation is 2. The maximum absolute atomic E-state index is 12.9. The molecule has 8 heteroatoms. The Hall–Kier alpha value is -3.52. The van der Waals surface area contributed by atoms with Gasteiger partial charge >= 0.3 is 0 Å². The number of benzene rings is 1. The topological polar surface area (TPSA) is 89.4 Å². The minimum atomic E-state index is -0.286. The van der Waals surface area contributed by atoms with E-state index in [1.807, 2.05) is 26.8 Å². The third-order valence-corrected chi connectivity index (χ3v) is 5.35. The standard InChI is InChI=1S/C23H25N5O3/c1-15-13-16(2)28(26-15)21-8-7-18(14-24-21)22(29)25-20-6-4-5-19(17(20)3)23(30)27-9-11-31-12-10-27/h4-8,13-14H,9-12H2,1-3H3,(H,25,29). The third-order valence-electron chi connectivity index (χ3n) is 5.35. The zero-order chi connectivity index (χ0) is 22.0. The molecule has 1 aliphatic heterocycles. The fraction of sp³-hybridized carbons (Fsp3) is 0.304. The number of aromatic nitrogens is 3. The van der Waals surface area contributed by atoms with Crippen LogP contribution in [0.3, 0.4) is 0 Å². The van der Waals surface area contributed by atoms with Crippen LogP contribution in [0.5, 0.6) is 0 Å². The molecule has 8 nitrogen and oxygen atoms in total. The summed E-state index contributed by atoms with van der Waals surface area (Å²) in [6, 6.07) is 10.8. The van der Waals surface area contributed by atoms with Crippen molar-refractivity contribution in [1.82, 2.24) is 19.7 Å². The highest BCUT2D eigenvalue weighted by atomic mass is 16.5. The maximum Gasteiger partial charge on any atom is 0.257 e. The van der Waals surface area contributed by atoms with E-state index < -0.39 is 0 Å². The zero-order valence-electron chi connectivity index (χ0n) is 17.9. The van der Waals surface area contributed by atoms with Crippen LogP contribution in [0, 0.1) is 20.8 Å². The van der Waals surface area contributed by atoms with Crippen molar-refractivity contribution in [2.24, 2.45) is 0 Å². The van der Waals surface area contributed by atoms with Crippen LogP contribution in [0.15, 0.2) is 42.6 Å². The minimum absolute atomic E-state index is 0.0483. The summed E-state index contributed by atoms with van der Waals surface area (Å²) in [6.07, 6.45) is 1.53. The smallest absolute Gasteiger partial charge is 0.257 e. The number of anilines is 1. The lowest BCUT2D eigenvalue weighted by Crippen LogP contribution is -2.41. The SMILES string of the molecule is Cc1cc(C)n(-c2ccc(C(=O)Nc3cccc(C(=O)N4CCOCC4)c3C)cn2)n1. The molecule has 0 saturated carbocycles. The predicted octanol–water partition coefficient (Wildman–Crippen LogP) is 2.92. The summed E-state index contributed by atoms with van der Waals surface area (Å²) in [5, 5.41) is 7.31. The average molecular weight is 419 g/mol. The Morgan fingerprint density at radius 3 is 2.48 bits per heavy atom. The molecule has 0 radical (unpaired) electrons. The second-order valence-corrected chi connectivity index (χ2v) is 7.58. The molecule has 3 heterocycles. The molecule has 0 bridgehead atoms. The van der Waals surface area contributed by atoms with Gasteiger partial charge in [-0.15, -0.1) is 0 Å². The predicted molar refractivity (Wildman–Crippen MR) is 117 cm³/mol. The van der Waals surface area contributed by atoms with Crippen LogP contribution in [0.1, 0.15) is 37.7 Å². The summed E-state index contributed by atoms with van der Waals surface area (Å²) in [7, 11) is 0. The van der Waals surface area contributed by atoms with Gasteiger partial charge in [0, 0.05) is 36.2 Å². The molecule has 1 saturated heterocycles. The second kappa shape index (κ2) is 8.69. The average Bonchev–Trinajstić information content (AvgIpc) is 3.13. The van der Waals surface area contributed by atoms with Gasteiger partial charge in [-0.3, -0.25) is 9.59 Å². The van der Waals surface area contributed by atoms with E-state index >= 15 is 0 Å². The van der Waals surface area contributed by atoms with Crippen LogP contribution in [0.2, 0.25) is 0 Å². The molecular weight excluding hydrogens is 394 g/mol. The molecule has 1 aliphatic rings. The van der Waals surface area contributed by atoms with Gasteiger partial charge in [0.2, 0.25) is 0 Å². The molecule has 0 atom stereocenters. The van der Waals surface area contributed by atoms with E-state index in [2.05, 4.69) is 15.4 Å². The highest BCUT2D eigenvalue weighted by molar-refractivity contribution is 6.06. The Bertz CT molecular complexity index is 1110. The molecule has 160 valence electrons. The number of amides is 2. The lowest BCUT2D eigenvalue weighted by molar-refractivity contribution is 0.0302. The number of ether oxygens (including phenoxy) is 1. The van der Waals surface area contributed by atoms with Crippen molar-refractivity contribution in [2.75, 3.05) is 31.6 Å². The van der Waals surface area contributed by atoms with Gasteiger partial charge in [0.15, 0.2) is 5.82 Å². The van der Waals surface area contributed by atoms with E-state index in [-0.39, 0.29) is 11.8 Å². The summed E-state index contributed by atoms with van der Waals surface area (Å²) < 4.78 is 7.06. The zero-order valence-corrected chi connectivity index (χ0v) is 17.9. The highest BCUT2D eigenvalue weighted by Gasteiger charge is 2.21. The van der Waals surface area contributed by atoms with Gasteiger partial charge < -0.3 is 15.0 Å². The summed E-state index contributed by atoms with van der Waals surface area (Å²) in [6.45, 7) is 7.95. The molecule has 2 aromatic heterocycles. The Labute approximate surface area is 180 Å². The Morgan fingerprint density at radius 1 is 1.06 bits per heavy atom. The molecule has 0 spiro atoms. The molecule has 2 amide bonds. The second-order valence-electron chi connectivity index (χ2n) is 7.58. The number of pyridine rings is 1. The number of nitrogens with one attached hydrogen (secondary N) is 1. The van der Waals surface area contributed by atoms with Gasteiger partial charge in [0.1, 0.15) is 0 Å². The first-order valence-corrected chi connectivity index (χ1v) is 10.2. The van der Waals surface area contributed by atoms with E-state index in [4.69, 9.17) is 4.74 Å². The quantitative estimate of drug-likeness (QED) is 0.702. The van der Waals surface area contributed by atoms with Crippen LogP contribution in [-0.2, 0) is 4.74 Å². The van der Waals surface area contributed by atoms with Gasteiger partial charge in [-0.1, -0.05) is 6.07 Å². The van der Waals surface area contributed by atoms with E-state index in [1.165, 1.54) is 6.20 Å². The number of nitrogens with zero attached hydrogens (tertiary/aromatic N) is 4. The lowest BCUT2D eigenvalue weighted by atomic mass is 10.0. The van der Waals surface area contributed by atoms with Crippen molar-refractivity contribution in [3.05, 3.63) is 70.7 Å². The van der Waals surface area contributed by atoms with E-state index in [9.17, 15) is 9.59 Å². The Morgan fingerprint density at radius 2 is 1.84 bits per heavy atom. The van der Waals surface area contributed by atoms with E-state index in [1.54, 1.807) is 39.9 Å². The van der Waals surface area contributed by atoms with Gasteiger partial charge in [-0.2, -0.15) is 5.10 Å². The Kier molecular flexibility index (Phi) is 5.81. The third kappa shape index (κ3) is 4.34. The minimum Gasteiger partial charge on any atom is -0.378 e. The number of carbonyl (C=O) groups excluding carboxylic acids is 2. The number of hydrogen-bond acceptors (Lipinski definition) is 5. The van der Waals surface area contributed by atoms with Crippen molar-refractivity contribution in [2.45, 2.75) is 20.8 Å². The van der Waals surface area contributed by atoms with Crippen LogP contribution in [0.25, 0.3) is 5.82 Å². The van der Waals surface area contributed by atoms with Gasteiger partial charge in [0.25, 0.3) is 11.8 Å². The van der Waals surface area contributed by atoms with Crippen molar-refractivity contribution in [1.29, 1.82) is 0 Å². The summed E-state index contributed by atoms with van der Waals surface area (Å²) in [5.74, 6) is 0.315. The number of carbonyl (C=O) groups is 2. The van der Waals surface area contributed by atoms with E-state index in [0.29, 0.717) is 48.9 Å². The van der Waals surface area contributed by atoms with Crippen LogP contribution < -0.4 is 5.32 Å².